The number of carbonyl (C=O) groups excluding carboxylic acids is 1. The minimum Gasteiger partial charge on any atom is -0.510 e. The Hall–Kier alpha value is -0.830. The average Bonchev–Trinajstić information content (AvgIpc) is 2.71. The fourth-order valence-corrected chi connectivity index (χ4v) is 3.20. The zero-order valence-corrected chi connectivity index (χ0v) is 8.20. The molecule has 1 saturated heterocycles. The first-order chi connectivity index (χ1) is 6.79. The van der Waals surface area contributed by atoms with Crippen molar-refractivity contribution in [2.45, 2.75) is 44.2 Å². The lowest BCUT2D eigenvalue weighted by Gasteiger charge is -2.27. The Morgan fingerprint density at radius 2 is 2.00 bits per heavy atom. The van der Waals surface area contributed by atoms with Crippen molar-refractivity contribution in [3.05, 3.63) is 11.3 Å². The van der Waals surface area contributed by atoms with Gasteiger partial charge in [0.25, 0.3) is 0 Å². The minimum atomic E-state index is 0.178. The van der Waals surface area contributed by atoms with Gasteiger partial charge < -0.3 is 5.11 Å². The molecule has 3 nitrogen and oxygen atoms in total. The van der Waals surface area contributed by atoms with E-state index in [1.54, 1.807) is 0 Å². The second kappa shape index (κ2) is 2.83. The molecule has 0 spiro atoms. The lowest BCUT2D eigenvalue weighted by molar-refractivity contribution is -0.117. The van der Waals surface area contributed by atoms with Gasteiger partial charge in [-0.05, 0) is 32.2 Å². The highest BCUT2D eigenvalue weighted by atomic mass is 16.3. The Bertz CT molecular complexity index is 321. The number of hydrogen-bond acceptors (Lipinski definition) is 3. The van der Waals surface area contributed by atoms with Crippen molar-refractivity contribution in [2.24, 2.45) is 0 Å². The number of fused-ring (bicyclic) bond motifs is 3. The summed E-state index contributed by atoms with van der Waals surface area (Å²) in [4.78, 5) is 14.0. The van der Waals surface area contributed by atoms with Gasteiger partial charge >= 0.3 is 0 Å². The van der Waals surface area contributed by atoms with E-state index in [4.69, 9.17) is 0 Å². The average molecular weight is 193 g/mol. The van der Waals surface area contributed by atoms with Crippen molar-refractivity contribution in [2.75, 3.05) is 6.54 Å². The van der Waals surface area contributed by atoms with Crippen molar-refractivity contribution < 1.29 is 9.90 Å². The number of carbonyl (C=O) groups is 1. The van der Waals surface area contributed by atoms with Gasteiger partial charge in [-0.1, -0.05) is 0 Å². The Morgan fingerprint density at radius 3 is 2.86 bits per heavy atom. The van der Waals surface area contributed by atoms with E-state index in [-0.39, 0.29) is 17.9 Å². The smallest absolute Gasteiger partial charge is 0.163 e. The normalized spacial score (nSPS) is 37.6. The molecule has 0 aromatic heterocycles. The molecule has 1 N–H and O–H groups in total. The first-order valence-corrected chi connectivity index (χ1v) is 5.51. The molecule has 14 heavy (non-hydrogen) atoms. The van der Waals surface area contributed by atoms with Gasteiger partial charge in [0.1, 0.15) is 5.76 Å². The zero-order chi connectivity index (χ0) is 9.71. The summed E-state index contributed by atoms with van der Waals surface area (Å²) in [7, 11) is 0. The maximum atomic E-state index is 11.7. The summed E-state index contributed by atoms with van der Waals surface area (Å²) in [5, 5.41) is 9.98. The predicted molar refractivity (Wildman–Crippen MR) is 52.0 cm³/mol. The fraction of sp³-hybridized carbons (Fsp3) is 0.727. The molecular weight excluding hydrogens is 178 g/mol. The summed E-state index contributed by atoms with van der Waals surface area (Å²) in [6.45, 7) is 1.05. The first kappa shape index (κ1) is 8.48. The van der Waals surface area contributed by atoms with Gasteiger partial charge in [-0.3, -0.25) is 9.69 Å². The molecule has 0 amide bonds. The summed E-state index contributed by atoms with van der Waals surface area (Å²) < 4.78 is 0. The topological polar surface area (TPSA) is 40.5 Å². The van der Waals surface area contributed by atoms with Gasteiger partial charge in [0, 0.05) is 12.5 Å². The molecule has 1 aliphatic carbocycles. The quantitative estimate of drug-likeness (QED) is 0.632. The van der Waals surface area contributed by atoms with Gasteiger partial charge in [-0.15, -0.1) is 0 Å². The minimum absolute atomic E-state index is 0.178. The van der Waals surface area contributed by atoms with Crippen LogP contribution in [0.1, 0.15) is 32.1 Å². The Balaban J connectivity index is 2.02. The molecule has 76 valence electrons. The molecule has 2 atom stereocenters. The van der Waals surface area contributed by atoms with Crippen molar-refractivity contribution in [3.8, 4) is 0 Å². The number of Topliss-reactive ketones (excluding diaryl/α,β-unsaturated/α-hetero) is 1. The molecule has 3 aliphatic rings. The van der Waals surface area contributed by atoms with Crippen LogP contribution in [-0.4, -0.2) is 34.4 Å². The summed E-state index contributed by atoms with van der Waals surface area (Å²) >= 11 is 0. The van der Waals surface area contributed by atoms with Crippen molar-refractivity contribution in [1.29, 1.82) is 0 Å². The molecule has 1 saturated carbocycles. The lowest BCUT2D eigenvalue weighted by atomic mass is 9.89. The van der Waals surface area contributed by atoms with Crippen LogP contribution < -0.4 is 0 Å². The van der Waals surface area contributed by atoms with Gasteiger partial charge in [0.05, 0.1) is 11.6 Å². The second-order valence-electron chi connectivity index (χ2n) is 4.53. The molecule has 0 radical (unpaired) electrons. The number of nitrogens with zero attached hydrogens (tertiary/aromatic N) is 1. The maximum absolute atomic E-state index is 11.7. The summed E-state index contributed by atoms with van der Waals surface area (Å²) in [5.41, 5.74) is 0.751. The van der Waals surface area contributed by atoms with Crippen LogP contribution in [0, 0.1) is 0 Å². The third-order valence-corrected chi connectivity index (χ3v) is 3.80. The standard InChI is InChI=1S/C11H15NO2/c13-9-5-1-3-7-10(9)11(14)8-4-2-6-12(7)8/h7-8,14H,1-6H2. The summed E-state index contributed by atoms with van der Waals surface area (Å²) in [6.07, 6.45) is 4.87. The molecule has 2 aliphatic heterocycles. The largest absolute Gasteiger partial charge is 0.510 e. The molecular formula is C11H15NO2. The van der Waals surface area contributed by atoms with Crippen LogP contribution in [0.2, 0.25) is 0 Å². The van der Waals surface area contributed by atoms with Crippen LogP contribution in [0.25, 0.3) is 0 Å². The van der Waals surface area contributed by atoms with Crippen LogP contribution >= 0.6 is 0 Å². The number of rotatable bonds is 0. The molecule has 0 aromatic carbocycles. The van der Waals surface area contributed by atoms with Gasteiger partial charge in [0.15, 0.2) is 5.78 Å². The van der Waals surface area contributed by atoms with Gasteiger partial charge in [-0.2, -0.15) is 0 Å². The highest BCUT2D eigenvalue weighted by Crippen LogP contribution is 2.41. The lowest BCUT2D eigenvalue weighted by Crippen LogP contribution is -2.37. The number of aliphatic hydroxyl groups excluding tert-OH is 1. The SMILES string of the molecule is O=C1CCCC2C1=C(O)C1CCCN12. The fourth-order valence-electron chi connectivity index (χ4n) is 3.20. The number of hydrogen-bond donors (Lipinski definition) is 1. The molecule has 3 heteroatoms. The predicted octanol–water partition coefficient (Wildman–Crippen LogP) is 1.40. The van der Waals surface area contributed by atoms with E-state index in [0.29, 0.717) is 12.2 Å². The highest BCUT2D eigenvalue weighted by Gasteiger charge is 2.46. The van der Waals surface area contributed by atoms with Crippen LogP contribution in [0.3, 0.4) is 0 Å². The van der Waals surface area contributed by atoms with Gasteiger partial charge in [-0.25, -0.2) is 0 Å². The molecule has 2 unspecified atom stereocenters. The highest BCUT2D eigenvalue weighted by molar-refractivity contribution is 5.98. The van der Waals surface area contributed by atoms with Crippen LogP contribution in [0.4, 0.5) is 0 Å². The second-order valence-corrected chi connectivity index (χ2v) is 4.53. The van der Waals surface area contributed by atoms with Crippen molar-refractivity contribution in [3.63, 3.8) is 0 Å². The van der Waals surface area contributed by atoms with E-state index in [2.05, 4.69) is 4.90 Å². The van der Waals surface area contributed by atoms with Crippen molar-refractivity contribution in [1.82, 2.24) is 4.90 Å². The first-order valence-electron chi connectivity index (χ1n) is 5.51. The Kier molecular flexibility index (Phi) is 1.71. The maximum Gasteiger partial charge on any atom is 0.163 e. The molecule has 0 aromatic rings. The van der Waals surface area contributed by atoms with Gasteiger partial charge in [0.2, 0.25) is 0 Å². The van der Waals surface area contributed by atoms with E-state index in [1.807, 2.05) is 0 Å². The molecule has 3 rings (SSSR count). The monoisotopic (exact) mass is 193 g/mol. The van der Waals surface area contributed by atoms with E-state index in [0.717, 1.165) is 37.8 Å². The third-order valence-electron chi connectivity index (χ3n) is 3.80. The summed E-state index contributed by atoms with van der Waals surface area (Å²) in [5.74, 6) is 0.588. The van der Waals surface area contributed by atoms with Crippen LogP contribution in [-0.2, 0) is 4.79 Å². The van der Waals surface area contributed by atoms with E-state index < -0.39 is 0 Å². The van der Waals surface area contributed by atoms with E-state index in [9.17, 15) is 9.90 Å². The molecule has 0 bridgehead atoms. The number of ketones is 1. The van der Waals surface area contributed by atoms with E-state index in [1.165, 1.54) is 0 Å². The van der Waals surface area contributed by atoms with Crippen molar-refractivity contribution >= 4 is 5.78 Å². The van der Waals surface area contributed by atoms with Crippen LogP contribution in [0.15, 0.2) is 11.3 Å². The third kappa shape index (κ3) is 0.934. The molecule has 2 heterocycles. The Morgan fingerprint density at radius 1 is 1.21 bits per heavy atom. The summed E-state index contributed by atoms with van der Waals surface area (Å²) in [6, 6.07) is 0.431. The molecule has 2 fully saturated rings. The zero-order valence-electron chi connectivity index (χ0n) is 8.20. The number of aliphatic hydroxyl groups is 1. The Labute approximate surface area is 83.4 Å². The van der Waals surface area contributed by atoms with Crippen LogP contribution in [0.5, 0.6) is 0 Å². The van der Waals surface area contributed by atoms with E-state index >= 15 is 0 Å².